The Morgan fingerprint density at radius 3 is 2.45 bits per heavy atom. The number of benzene rings is 2. The highest BCUT2D eigenvalue weighted by atomic mass is 19.1. The van der Waals surface area contributed by atoms with Crippen molar-refractivity contribution < 1.29 is 18.7 Å². The summed E-state index contributed by atoms with van der Waals surface area (Å²) in [4.78, 5) is 24.7. The molecular weight excluding hydrogens is 397 g/mol. The summed E-state index contributed by atoms with van der Waals surface area (Å²) in [6.45, 7) is 5.66. The van der Waals surface area contributed by atoms with Crippen molar-refractivity contribution in [2.45, 2.75) is 39.7 Å². The smallest absolute Gasteiger partial charge is 0.311 e. The fraction of sp³-hybridized carbons (Fsp3) is 0.292. The number of nitrogens with one attached hydrogen (secondary N) is 1. The van der Waals surface area contributed by atoms with Crippen LogP contribution >= 0.6 is 0 Å². The highest BCUT2D eigenvalue weighted by molar-refractivity contribution is 5.84. The van der Waals surface area contributed by atoms with Crippen LogP contribution in [0.2, 0.25) is 0 Å². The maximum atomic E-state index is 12.9. The van der Waals surface area contributed by atoms with Gasteiger partial charge in [-0.15, -0.1) is 0 Å². The molecule has 7 heteroatoms. The van der Waals surface area contributed by atoms with Gasteiger partial charge in [0.15, 0.2) is 6.10 Å². The summed E-state index contributed by atoms with van der Waals surface area (Å²) in [5.74, 6) is -1.16. The third-order valence-corrected chi connectivity index (χ3v) is 5.07. The van der Waals surface area contributed by atoms with E-state index in [0.29, 0.717) is 13.0 Å². The maximum Gasteiger partial charge on any atom is 0.311 e. The monoisotopic (exact) mass is 423 g/mol. The molecule has 6 nitrogen and oxygen atoms in total. The van der Waals surface area contributed by atoms with Gasteiger partial charge in [0.05, 0.1) is 17.8 Å². The maximum absolute atomic E-state index is 12.9. The largest absolute Gasteiger partial charge is 0.452 e. The van der Waals surface area contributed by atoms with E-state index in [1.54, 1.807) is 16.8 Å². The quantitative estimate of drug-likeness (QED) is 0.563. The molecule has 31 heavy (non-hydrogen) atoms. The van der Waals surface area contributed by atoms with E-state index in [1.165, 1.54) is 19.1 Å². The molecule has 0 spiro atoms. The second-order valence-electron chi connectivity index (χ2n) is 7.37. The predicted octanol–water partition coefficient (Wildman–Crippen LogP) is 3.46. The van der Waals surface area contributed by atoms with E-state index in [0.717, 1.165) is 28.2 Å². The number of hydrogen-bond acceptors (Lipinski definition) is 4. The van der Waals surface area contributed by atoms with Gasteiger partial charge in [-0.1, -0.05) is 30.3 Å². The lowest BCUT2D eigenvalue weighted by atomic mass is 10.1. The van der Waals surface area contributed by atoms with Crippen molar-refractivity contribution in [2.24, 2.45) is 0 Å². The Morgan fingerprint density at radius 2 is 1.77 bits per heavy atom. The number of amides is 1. The van der Waals surface area contributed by atoms with Crippen LogP contribution in [-0.2, 0) is 27.2 Å². The van der Waals surface area contributed by atoms with Crippen molar-refractivity contribution in [3.05, 3.63) is 82.9 Å². The van der Waals surface area contributed by atoms with Gasteiger partial charge in [-0.05, 0) is 57.0 Å². The molecule has 3 aromatic rings. The average Bonchev–Trinajstić information content (AvgIpc) is 3.04. The number of rotatable bonds is 8. The Kier molecular flexibility index (Phi) is 7.18. The third-order valence-electron chi connectivity index (χ3n) is 5.07. The van der Waals surface area contributed by atoms with Gasteiger partial charge >= 0.3 is 5.97 Å². The second-order valence-corrected chi connectivity index (χ2v) is 7.37. The molecule has 2 aromatic carbocycles. The van der Waals surface area contributed by atoms with E-state index in [2.05, 4.69) is 10.4 Å². The zero-order chi connectivity index (χ0) is 22.4. The van der Waals surface area contributed by atoms with Crippen LogP contribution in [0.4, 0.5) is 4.39 Å². The summed E-state index contributed by atoms with van der Waals surface area (Å²) in [7, 11) is 0. The van der Waals surface area contributed by atoms with E-state index in [4.69, 9.17) is 4.74 Å². The van der Waals surface area contributed by atoms with Crippen LogP contribution < -0.4 is 5.32 Å². The second kappa shape index (κ2) is 10.0. The molecule has 1 N–H and O–H groups in total. The molecule has 1 heterocycles. The molecule has 162 valence electrons. The molecule has 1 atom stereocenters. The number of para-hydroxylation sites is 1. The van der Waals surface area contributed by atoms with Crippen LogP contribution in [0.1, 0.15) is 29.4 Å². The normalized spacial score (nSPS) is 11.7. The average molecular weight is 423 g/mol. The number of nitrogens with zero attached hydrogens (tertiary/aromatic N) is 2. The third kappa shape index (κ3) is 5.78. The SMILES string of the molecule is Cc1nn(-c2ccccc2)c(C)c1CC(=O)O[C@@H](C)C(=O)NCCc1ccc(F)cc1. The molecule has 0 aliphatic heterocycles. The molecule has 0 aliphatic carbocycles. The zero-order valence-corrected chi connectivity index (χ0v) is 17.9. The van der Waals surface area contributed by atoms with Gasteiger partial charge < -0.3 is 10.1 Å². The molecule has 0 saturated carbocycles. The topological polar surface area (TPSA) is 73.2 Å². The lowest BCUT2D eigenvalue weighted by molar-refractivity contribution is -0.154. The summed E-state index contributed by atoms with van der Waals surface area (Å²) in [6.07, 6.45) is -0.313. The molecule has 1 amide bonds. The molecule has 0 saturated heterocycles. The molecular formula is C24H26FN3O3. The predicted molar refractivity (Wildman–Crippen MR) is 115 cm³/mol. The number of aromatic nitrogens is 2. The van der Waals surface area contributed by atoms with E-state index in [1.807, 2.05) is 44.2 Å². The van der Waals surface area contributed by atoms with Crippen LogP contribution in [0.3, 0.4) is 0 Å². The molecule has 3 rings (SSSR count). The first-order chi connectivity index (χ1) is 14.8. The van der Waals surface area contributed by atoms with Crippen LogP contribution in [-0.4, -0.2) is 34.3 Å². The number of hydrogen-bond donors (Lipinski definition) is 1. The molecule has 0 aliphatic rings. The Balaban J connectivity index is 1.52. The minimum absolute atomic E-state index is 0.0394. The van der Waals surface area contributed by atoms with Crippen LogP contribution in [0.15, 0.2) is 54.6 Å². The summed E-state index contributed by atoms with van der Waals surface area (Å²) in [5.41, 5.74) is 4.22. The molecule has 1 aromatic heterocycles. The Morgan fingerprint density at radius 1 is 1.10 bits per heavy atom. The number of carbonyl (C=O) groups excluding carboxylic acids is 2. The number of halogens is 1. The number of ether oxygens (including phenoxy) is 1. The van der Waals surface area contributed by atoms with E-state index < -0.39 is 12.1 Å². The van der Waals surface area contributed by atoms with Crippen molar-refractivity contribution in [3.63, 3.8) is 0 Å². The van der Waals surface area contributed by atoms with E-state index in [9.17, 15) is 14.0 Å². The standard InChI is InChI=1S/C24H26FN3O3/c1-16-22(17(2)28(27-16)21-7-5-4-6-8-21)15-23(29)31-18(3)24(30)26-14-13-19-9-11-20(25)12-10-19/h4-12,18H,13-15H2,1-3H3,(H,26,30)/t18-/m0/s1. The molecule has 0 fully saturated rings. The Bertz CT molecular complexity index is 1050. The van der Waals surface area contributed by atoms with Crippen LogP contribution in [0.25, 0.3) is 5.69 Å². The number of esters is 1. The van der Waals surface area contributed by atoms with Crippen molar-refractivity contribution in [1.29, 1.82) is 0 Å². The number of carbonyl (C=O) groups is 2. The first-order valence-corrected chi connectivity index (χ1v) is 10.2. The van der Waals surface area contributed by atoms with Gasteiger partial charge in [0.1, 0.15) is 5.82 Å². The van der Waals surface area contributed by atoms with Crippen molar-refractivity contribution >= 4 is 11.9 Å². The summed E-state index contributed by atoms with van der Waals surface area (Å²) in [5, 5.41) is 7.27. The van der Waals surface area contributed by atoms with Crippen molar-refractivity contribution in [1.82, 2.24) is 15.1 Å². The Hall–Kier alpha value is -3.48. The lowest BCUT2D eigenvalue weighted by Gasteiger charge is -2.14. The zero-order valence-electron chi connectivity index (χ0n) is 17.9. The van der Waals surface area contributed by atoms with Crippen molar-refractivity contribution in [2.75, 3.05) is 6.54 Å². The van der Waals surface area contributed by atoms with Gasteiger partial charge in [-0.3, -0.25) is 9.59 Å². The number of aryl methyl sites for hydroxylation is 1. The Labute approximate surface area is 181 Å². The fourth-order valence-electron chi connectivity index (χ4n) is 3.31. The minimum atomic E-state index is -0.912. The molecule has 0 unspecified atom stereocenters. The van der Waals surface area contributed by atoms with Crippen LogP contribution in [0.5, 0.6) is 0 Å². The van der Waals surface area contributed by atoms with Crippen LogP contribution in [0, 0.1) is 19.7 Å². The van der Waals surface area contributed by atoms with Gasteiger partial charge in [0.25, 0.3) is 5.91 Å². The fourth-order valence-corrected chi connectivity index (χ4v) is 3.31. The van der Waals surface area contributed by atoms with Crippen molar-refractivity contribution in [3.8, 4) is 5.69 Å². The van der Waals surface area contributed by atoms with E-state index in [-0.39, 0.29) is 18.1 Å². The highest BCUT2D eigenvalue weighted by Crippen LogP contribution is 2.19. The molecule has 0 radical (unpaired) electrons. The van der Waals surface area contributed by atoms with Gasteiger partial charge in [0.2, 0.25) is 0 Å². The lowest BCUT2D eigenvalue weighted by Crippen LogP contribution is -2.37. The van der Waals surface area contributed by atoms with Gasteiger partial charge in [-0.25, -0.2) is 9.07 Å². The van der Waals surface area contributed by atoms with E-state index >= 15 is 0 Å². The highest BCUT2D eigenvalue weighted by Gasteiger charge is 2.21. The summed E-state index contributed by atoms with van der Waals surface area (Å²) < 4.78 is 20.1. The summed E-state index contributed by atoms with van der Waals surface area (Å²) in [6, 6.07) is 15.8. The van der Waals surface area contributed by atoms with Gasteiger partial charge in [0, 0.05) is 17.8 Å². The minimum Gasteiger partial charge on any atom is -0.452 e. The first-order valence-electron chi connectivity index (χ1n) is 10.2. The first kappa shape index (κ1) is 22.2. The molecule has 0 bridgehead atoms. The van der Waals surface area contributed by atoms with Gasteiger partial charge in [-0.2, -0.15) is 5.10 Å². The summed E-state index contributed by atoms with van der Waals surface area (Å²) >= 11 is 0.